The zero-order valence-corrected chi connectivity index (χ0v) is 13.9. The topological polar surface area (TPSA) is 42.0 Å². The van der Waals surface area contributed by atoms with E-state index in [9.17, 15) is 4.79 Å². The number of anilines is 1. The summed E-state index contributed by atoms with van der Waals surface area (Å²) in [4.78, 5) is 17.0. The van der Waals surface area contributed by atoms with Crippen LogP contribution in [0.3, 0.4) is 0 Å². The molecule has 1 aromatic heterocycles. The van der Waals surface area contributed by atoms with Crippen molar-refractivity contribution in [3.8, 4) is 0 Å². The second-order valence-corrected chi connectivity index (χ2v) is 5.66. The van der Waals surface area contributed by atoms with Gasteiger partial charge in [0.05, 0.1) is 27.0 Å². The Hall–Kier alpha value is -1.84. The Morgan fingerprint density at radius 1 is 1.27 bits per heavy atom. The fourth-order valence-corrected chi connectivity index (χ4v) is 2.86. The summed E-state index contributed by atoms with van der Waals surface area (Å²) in [5, 5.41) is 3.66. The first-order valence-corrected chi connectivity index (χ1v) is 7.53. The molecule has 3 nitrogen and oxygen atoms in total. The van der Waals surface area contributed by atoms with Gasteiger partial charge in [-0.25, -0.2) is 0 Å². The second-order valence-electron chi connectivity index (χ2n) is 4.88. The van der Waals surface area contributed by atoms with Crippen LogP contribution in [-0.2, 0) is 6.42 Å². The third-order valence-corrected chi connectivity index (χ3v) is 4.06. The fraction of sp³-hybridized carbons (Fsp3) is 0.176. The molecule has 2 aromatic rings. The Kier molecular flexibility index (Phi) is 5.22. The molecule has 5 heteroatoms. The summed E-state index contributed by atoms with van der Waals surface area (Å²) in [7, 11) is 0. The lowest BCUT2D eigenvalue weighted by Gasteiger charge is -2.14. The first kappa shape index (κ1) is 16.5. The summed E-state index contributed by atoms with van der Waals surface area (Å²) in [5.41, 5.74) is 3.10. The lowest BCUT2D eigenvalue weighted by Crippen LogP contribution is -2.16. The lowest BCUT2D eigenvalue weighted by atomic mass is 10.0. The van der Waals surface area contributed by atoms with Crippen LogP contribution >= 0.6 is 23.2 Å². The minimum absolute atomic E-state index is 0.326. The third-order valence-electron chi connectivity index (χ3n) is 3.32. The molecule has 0 saturated carbocycles. The van der Waals surface area contributed by atoms with E-state index in [-0.39, 0.29) is 5.91 Å². The number of allylic oxidation sites excluding steroid dienone is 1. The van der Waals surface area contributed by atoms with Crippen molar-refractivity contribution in [3.05, 3.63) is 69.5 Å². The van der Waals surface area contributed by atoms with Gasteiger partial charge in [0.25, 0.3) is 5.91 Å². The summed E-state index contributed by atoms with van der Waals surface area (Å²) in [5.74, 6) is -0.326. The lowest BCUT2D eigenvalue weighted by molar-refractivity contribution is 0.102. The molecule has 0 atom stereocenters. The number of hydrogen-bond donors (Lipinski definition) is 1. The van der Waals surface area contributed by atoms with Gasteiger partial charge in [-0.15, -0.1) is 6.58 Å². The van der Waals surface area contributed by atoms with Crippen molar-refractivity contribution in [2.24, 2.45) is 0 Å². The second kappa shape index (κ2) is 6.95. The molecule has 0 fully saturated rings. The van der Waals surface area contributed by atoms with Crippen LogP contribution in [0.15, 0.2) is 36.9 Å². The highest BCUT2D eigenvalue weighted by atomic mass is 35.5. The highest BCUT2D eigenvalue weighted by Gasteiger charge is 2.20. The van der Waals surface area contributed by atoms with Gasteiger partial charge in [0.15, 0.2) is 0 Å². The van der Waals surface area contributed by atoms with E-state index in [1.54, 1.807) is 37.3 Å². The van der Waals surface area contributed by atoms with Crippen LogP contribution < -0.4 is 5.32 Å². The van der Waals surface area contributed by atoms with E-state index in [2.05, 4.69) is 16.9 Å². The predicted octanol–water partition coefficient (Wildman–Crippen LogP) is 4.99. The SMILES string of the molecule is C=CCc1c(C)nc(C)c(C(=O)Nc2ccccc2Cl)c1Cl. The van der Waals surface area contributed by atoms with Gasteiger partial charge in [-0.2, -0.15) is 0 Å². The van der Waals surface area contributed by atoms with Crippen molar-refractivity contribution in [2.75, 3.05) is 5.32 Å². The van der Waals surface area contributed by atoms with Crippen molar-refractivity contribution in [2.45, 2.75) is 20.3 Å². The smallest absolute Gasteiger partial charge is 0.259 e. The van der Waals surface area contributed by atoms with Gasteiger partial charge in [-0.3, -0.25) is 9.78 Å². The normalized spacial score (nSPS) is 10.4. The standard InChI is InChI=1S/C17H16Cl2N2O/c1-4-7-12-10(2)20-11(3)15(16(12)19)17(22)21-14-9-6-5-8-13(14)18/h4-6,8-9H,1,7H2,2-3H3,(H,21,22). The summed E-state index contributed by atoms with van der Waals surface area (Å²) < 4.78 is 0. The maximum Gasteiger partial charge on any atom is 0.259 e. The van der Waals surface area contributed by atoms with Crippen LogP contribution in [-0.4, -0.2) is 10.9 Å². The molecule has 0 saturated heterocycles. The average Bonchev–Trinajstić information content (AvgIpc) is 2.45. The monoisotopic (exact) mass is 334 g/mol. The van der Waals surface area contributed by atoms with Crippen LogP contribution in [0, 0.1) is 13.8 Å². The van der Waals surface area contributed by atoms with Crippen LogP contribution in [0.4, 0.5) is 5.69 Å². The van der Waals surface area contributed by atoms with Crippen molar-refractivity contribution in [1.82, 2.24) is 4.98 Å². The molecule has 22 heavy (non-hydrogen) atoms. The highest BCUT2D eigenvalue weighted by Crippen LogP contribution is 2.28. The van der Waals surface area contributed by atoms with Crippen LogP contribution in [0.2, 0.25) is 10.0 Å². The van der Waals surface area contributed by atoms with Crippen LogP contribution in [0.1, 0.15) is 27.3 Å². The fourth-order valence-electron chi connectivity index (χ4n) is 2.24. The maximum atomic E-state index is 12.6. The van der Waals surface area contributed by atoms with Crippen molar-refractivity contribution in [3.63, 3.8) is 0 Å². The Bertz CT molecular complexity index is 742. The molecule has 1 amide bonds. The van der Waals surface area contributed by atoms with Crippen molar-refractivity contribution >= 4 is 34.8 Å². The van der Waals surface area contributed by atoms with Gasteiger partial charge in [0.2, 0.25) is 0 Å². The van der Waals surface area contributed by atoms with Crippen LogP contribution in [0.5, 0.6) is 0 Å². The molecule has 1 N–H and O–H groups in total. The molecule has 0 aliphatic rings. The third kappa shape index (κ3) is 3.32. The van der Waals surface area contributed by atoms with Crippen LogP contribution in [0.25, 0.3) is 0 Å². The highest BCUT2D eigenvalue weighted by molar-refractivity contribution is 6.36. The Labute approximate surface area is 140 Å². The number of rotatable bonds is 4. The first-order valence-electron chi connectivity index (χ1n) is 6.78. The van der Waals surface area contributed by atoms with E-state index < -0.39 is 0 Å². The molecule has 0 radical (unpaired) electrons. The number of nitrogens with one attached hydrogen (secondary N) is 1. The van der Waals surface area contributed by atoms with Gasteiger partial charge < -0.3 is 5.32 Å². The number of halogens is 2. The zero-order chi connectivity index (χ0) is 16.3. The number of nitrogens with zero attached hydrogens (tertiary/aromatic N) is 1. The Balaban J connectivity index is 2.43. The Morgan fingerprint density at radius 2 is 1.95 bits per heavy atom. The number of carbonyl (C=O) groups is 1. The molecule has 1 aromatic carbocycles. The number of benzene rings is 1. The van der Waals surface area contributed by atoms with Gasteiger partial charge in [0.1, 0.15) is 0 Å². The summed E-state index contributed by atoms with van der Waals surface area (Å²) >= 11 is 12.5. The minimum Gasteiger partial charge on any atom is -0.321 e. The summed E-state index contributed by atoms with van der Waals surface area (Å²) in [6, 6.07) is 7.04. The van der Waals surface area contributed by atoms with Gasteiger partial charge in [0, 0.05) is 5.69 Å². The molecule has 0 aliphatic carbocycles. The number of carbonyl (C=O) groups excluding carboxylic acids is 1. The zero-order valence-electron chi connectivity index (χ0n) is 12.4. The van der Waals surface area contributed by atoms with E-state index in [0.717, 1.165) is 11.3 Å². The largest absolute Gasteiger partial charge is 0.321 e. The first-order chi connectivity index (χ1) is 10.5. The van der Waals surface area contributed by atoms with Gasteiger partial charge in [-0.1, -0.05) is 41.4 Å². The summed E-state index contributed by atoms with van der Waals surface area (Å²) in [6.07, 6.45) is 2.30. The molecule has 114 valence electrons. The molecular weight excluding hydrogens is 319 g/mol. The molecule has 0 aliphatic heterocycles. The minimum atomic E-state index is -0.326. The van der Waals surface area contributed by atoms with Crippen molar-refractivity contribution in [1.29, 1.82) is 0 Å². The molecule has 1 heterocycles. The molecule has 2 rings (SSSR count). The van der Waals surface area contributed by atoms with E-state index in [4.69, 9.17) is 23.2 Å². The summed E-state index contributed by atoms with van der Waals surface area (Å²) in [6.45, 7) is 7.34. The van der Waals surface area contributed by atoms with Crippen molar-refractivity contribution < 1.29 is 4.79 Å². The Morgan fingerprint density at radius 3 is 2.59 bits per heavy atom. The average molecular weight is 335 g/mol. The van der Waals surface area contributed by atoms with E-state index >= 15 is 0 Å². The molecule has 0 bridgehead atoms. The molecule has 0 spiro atoms. The molecular formula is C17H16Cl2N2O. The number of aromatic nitrogens is 1. The quantitative estimate of drug-likeness (QED) is 0.800. The van der Waals surface area contributed by atoms with Gasteiger partial charge >= 0.3 is 0 Å². The molecule has 0 unspecified atom stereocenters. The van der Waals surface area contributed by atoms with E-state index in [0.29, 0.717) is 33.4 Å². The number of para-hydroxylation sites is 1. The van der Waals surface area contributed by atoms with E-state index in [1.165, 1.54) is 0 Å². The predicted molar refractivity (Wildman–Crippen MR) is 92.0 cm³/mol. The number of amides is 1. The van der Waals surface area contributed by atoms with Gasteiger partial charge in [-0.05, 0) is 38.0 Å². The number of pyridine rings is 1. The number of aryl methyl sites for hydroxylation is 2. The number of hydrogen-bond acceptors (Lipinski definition) is 2. The van der Waals surface area contributed by atoms with E-state index in [1.807, 2.05) is 6.92 Å². The maximum absolute atomic E-state index is 12.6.